The fourth-order valence-corrected chi connectivity index (χ4v) is 1.92. The number of quaternary nitrogens is 1. The molecule has 4 nitrogen and oxygen atoms in total. The average molecular weight is 261 g/mol. The van der Waals surface area contributed by atoms with E-state index in [1.165, 1.54) is 11.0 Å². The summed E-state index contributed by atoms with van der Waals surface area (Å²) in [5.41, 5.74) is 1.95. The van der Waals surface area contributed by atoms with Crippen molar-refractivity contribution in [3.8, 4) is 0 Å². The Morgan fingerprint density at radius 3 is 2.74 bits per heavy atom. The molecule has 0 amide bonds. The van der Waals surface area contributed by atoms with Crippen molar-refractivity contribution in [3.05, 3.63) is 58.2 Å². The van der Waals surface area contributed by atoms with Gasteiger partial charge >= 0.3 is 0 Å². The molecule has 0 saturated heterocycles. The predicted octanol–water partition coefficient (Wildman–Crippen LogP) is 2.09. The van der Waals surface area contributed by atoms with Gasteiger partial charge in [0.2, 0.25) is 0 Å². The zero-order chi connectivity index (χ0) is 14.3. The summed E-state index contributed by atoms with van der Waals surface area (Å²) in [6, 6.07) is 6.78. The van der Waals surface area contributed by atoms with Gasteiger partial charge in [0.05, 0.1) is 30.1 Å². The highest BCUT2D eigenvalue weighted by atomic mass is 16.6. The molecular weight excluding hydrogens is 240 g/mol. The number of likely N-dealkylation sites (N-methyl/N-ethyl adjacent to an activating group) is 1. The summed E-state index contributed by atoms with van der Waals surface area (Å²) in [6.07, 6.45) is 3.82. The van der Waals surface area contributed by atoms with Gasteiger partial charge in [-0.2, -0.15) is 0 Å². The SMILES string of the molecule is C=C(C)C[NH+](CC)C/C=C/c1ccccc1[N+](=O)[O-]. The Labute approximate surface area is 114 Å². The van der Waals surface area contributed by atoms with Crippen LogP contribution in [-0.4, -0.2) is 24.6 Å². The number of hydrogen-bond acceptors (Lipinski definition) is 2. The molecule has 0 fully saturated rings. The molecule has 0 bridgehead atoms. The smallest absolute Gasteiger partial charge is 0.276 e. The molecule has 1 unspecified atom stereocenters. The number of benzene rings is 1. The Hall–Kier alpha value is -1.94. The highest BCUT2D eigenvalue weighted by Crippen LogP contribution is 2.18. The number of nitrogens with zero attached hydrogens (tertiary/aromatic N) is 1. The maximum absolute atomic E-state index is 10.9. The van der Waals surface area contributed by atoms with E-state index in [1.807, 2.05) is 25.1 Å². The molecule has 1 aromatic carbocycles. The number of nitro groups is 1. The van der Waals surface area contributed by atoms with Crippen LogP contribution in [0, 0.1) is 10.1 Å². The minimum Gasteiger partial charge on any atom is -0.328 e. The van der Waals surface area contributed by atoms with Gasteiger partial charge in [-0.3, -0.25) is 10.1 Å². The van der Waals surface area contributed by atoms with Crippen LogP contribution in [0.2, 0.25) is 0 Å². The van der Waals surface area contributed by atoms with E-state index in [0.29, 0.717) is 5.56 Å². The summed E-state index contributed by atoms with van der Waals surface area (Å²) in [4.78, 5) is 11.9. The second kappa shape index (κ2) is 7.48. The van der Waals surface area contributed by atoms with Crippen LogP contribution in [0.3, 0.4) is 0 Å². The van der Waals surface area contributed by atoms with Crippen molar-refractivity contribution < 1.29 is 9.82 Å². The molecule has 1 atom stereocenters. The van der Waals surface area contributed by atoms with Gasteiger partial charge in [-0.1, -0.05) is 18.7 Å². The maximum Gasteiger partial charge on any atom is 0.276 e. The largest absolute Gasteiger partial charge is 0.328 e. The monoisotopic (exact) mass is 261 g/mol. The Kier molecular flexibility index (Phi) is 5.96. The zero-order valence-corrected chi connectivity index (χ0v) is 11.6. The zero-order valence-electron chi connectivity index (χ0n) is 11.6. The number of nitro benzene ring substituents is 1. The number of hydrogen-bond donors (Lipinski definition) is 1. The van der Waals surface area contributed by atoms with Crippen molar-refractivity contribution >= 4 is 11.8 Å². The lowest BCUT2D eigenvalue weighted by Gasteiger charge is -2.15. The van der Waals surface area contributed by atoms with Gasteiger partial charge in [0.1, 0.15) is 0 Å². The first-order valence-electron chi connectivity index (χ1n) is 6.42. The summed E-state index contributed by atoms with van der Waals surface area (Å²) < 4.78 is 0. The Morgan fingerprint density at radius 2 is 2.16 bits per heavy atom. The van der Waals surface area contributed by atoms with Gasteiger partial charge in [0.15, 0.2) is 0 Å². The standard InChI is InChI=1S/C15H20N2O2/c1-4-16(12-13(2)3)11-7-9-14-8-5-6-10-15(14)17(18)19/h5-10H,2,4,11-12H2,1,3H3/p+1/b9-7+. The molecule has 0 radical (unpaired) electrons. The third-order valence-electron chi connectivity index (χ3n) is 2.89. The maximum atomic E-state index is 10.9. The van der Waals surface area contributed by atoms with Crippen molar-refractivity contribution in [2.24, 2.45) is 0 Å². The van der Waals surface area contributed by atoms with Crippen LogP contribution < -0.4 is 4.90 Å². The highest BCUT2D eigenvalue weighted by Gasteiger charge is 2.09. The second-order valence-corrected chi connectivity index (χ2v) is 4.66. The third kappa shape index (κ3) is 5.06. The van der Waals surface area contributed by atoms with Gasteiger partial charge in [-0.15, -0.1) is 0 Å². The van der Waals surface area contributed by atoms with E-state index >= 15 is 0 Å². The molecule has 0 aliphatic rings. The van der Waals surface area contributed by atoms with Gasteiger partial charge in [0.25, 0.3) is 5.69 Å². The normalized spacial score (nSPS) is 12.5. The van der Waals surface area contributed by atoms with Crippen LogP contribution in [0.4, 0.5) is 5.69 Å². The highest BCUT2D eigenvalue weighted by molar-refractivity contribution is 5.60. The molecular formula is C15H21N2O2+. The van der Waals surface area contributed by atoms with Gasteiger partial charge < -0.3 is 4.90 Å². The summed E-state index contributed by atoms with van der Waals surface area (Å²) in [5, 5.41) is 10.9. The van der Waals surface area contributed by atoms with E-state index in [-0.39, 0.29) is 10.6 Å². The molecule has 19 heavy (non-hydrogen) atoms. The first-order chi connectivity index (χ1) is 9.04. The van der Waals surface area contributed by atoms with Crippen LogP contribution in [-0.2, 0) is 0 Å². The number of rotatable bonds is 7. The van der Waals surface area contributed by atoms with E-state index < -0.39 is 0 Å². The Bertz CT molecular complexity index is 481. The van der Waals surface area contributed by atoms with Crippen molar-refractivity contribution in [1.29, 1.82) is 0 Å². The van der Waals surface area contributed by atoms with E-state index in [1.54, 1.807) is 12.1 Å². The Morgan fingerprint density at radius 1 is 1.47 bits per heavy atom. The van der Waals surface area contributed by atoms with Crippen molar-refractivity contribution in [1.82, 2.24) is 0 Å². The Balaban J connectivity index is 2.71. The van der Waals surface area contributed by atoms with Crippen LogP contribution in [0.5, 0.6) is 0 Å². The summed E-state index contributed by atoms with van der Waals surface area (Å²) in [5.74, 6) is 0. The molecule has 102 valence electrons. The second-order valence-electron chi connectivity index (χ2n) is 4.66. The third-order valence-corrected chi connectivity index (χ3v) is 2.89. The summed E-state index contributed by atoms with van der Waals surface area (Å²) in [6.45, 7) is 10.8. The predicted molar refractivity (Wildman–Crippen MR) is 78.2 cm³/mol. The van der Waals surface area contributed by atoms with Gasteiger partial charge in [-0.05, 0) is 37.6 Å². The lowest BCUT2D eigenvalue weighted by molar-refractivity contribution is -0.887. The van der Waals surface area contributed by atoms with E-state index in [4.69, 9.17) is 0 Å². The van der Waals surface area contributed by atoms with Crippen molar-refractivity contribution in [3.63, 3.8) is 0 Å². The van der Waals surface area contributed by atoms with Gasteiger partial charge in [0, 0.05) is 6.07 Å². The quantitative estimate of drug-likeness (QED) is 0.464. The van der Waals surface area contributed by atoms with E-state index in [2.05, 4.69) is 13.5 Å². The lowest BCUT2D eigenvalue weighted by Crippen LogP contribution is -3.11. The molecule has 0 saturated carbocycles. The van der Waals surface area contributed by atoms with Crippen molar-refractivity contribution in [2.45, 2.75) is 13.8 Å². The lowest BCUT2D eigenvalue weighted by atomic mass is 10.1. The summed E-state index contributed by atoms with van der Waals surface area (Å²) >= 11 is 0. The topological polar surface area (TPSA) is 47.6 Å². The van der Waals surface area contributed by atoms with Crippen LogP contribution in [0.25, 0.3) is 6.08 Å². The molecule has 4 heteroatoms. The van der Waals surface area contributed by atoms with Crippen LogP contribution >= 0.6 is 0 Å². The van der Waals surface area contributed by atoms with Crippen LogP contribution in [0.15, 0.2) is 42.5 Å². The summed E-state index contributed by atoms with van der Waals surface area (Å²) in [7, 11) is 0. The molecule has 0 aromatic heterocycles. The molecule has 1 aromatic rings. The first-order valence-corrected chi connectivity index (χ1v) is 6.42. The molecule has 0 heterocycles. The fraction of sp³-hybridized carbons (Fsp3) is 0.333. The number of para-hydroxylation sites is 1. The van der Waals surface area contributed by atoms with E-state index in [9.17, 15) is 10.1 Å². The van der Waals surface area contributed by atoms with Crippen molar-refractivity contribution in [2.75, 3.05) is 19.6 Å². The average Bonchev–Trinajstić information content (AvgIpc) is 2.37. The minimum atomic E-state index is -0.349. The van der Waals surface area contributed by atoms with E-state index in [0.717, 1.165) is 25.2 Å². The molecule has 0 aliphatic heterocycles. The molecule has 0 aliphatic carbocycles. The number of nitrogens with one attached hydrogen (secondary N) is 1. The molecule has 1 rings (SSSR count). The molecule has 0 spiro atoms. The van der Waals surface area contributed by atoms with Crippen LogP contribution in [0.1, 0.15) is 19.4 Å². The molecule has 1 N–H and O–H groups in total. The fourth-order valence-electron chi connectivity index (χ4n) is 1.92. The minimum absolute atomic E-state index is 0.150. The first kappa shape index (κ1) is 15.1. The van der Waals surface area contributed by atoms with Gasteiger partial charge in [-0.25, -0.2) is 0 Å².